The third-order valence-electron chi connectivity index (χ3n) is 5.49. The minimum Gasteiger partial charge on any atom is -0.345 e. The number of rotatable bonds is 6. The second kappa shape index (κ2) is 8.58. The molecular formula is C20H22ClN7S2. The van der Waals surface area contributed by atoms with Crippen molar-refractivity contribution in [3.63, 3.8) is 0 Å². The Labute approximate surface area is 187 Å². The van der Waals surface area contributed by atoms with Crippen molar-refractivity contribution < 1.29 is 0 Å². The molecule has 1 unspecified atom stereocenters. The van der Waals surface area contributed by atoms with Crippen molar-refractivity contribution in [2.45, 2.75) is 25.9 Å². The molecule has 0 N–H and O–H groups in total. The number of anilines is 1. The lowest BCUT2D eigenvalue weighted by Gasteiger charge is -2.38. The predicted molar refractivity (Wildman–Crippen MR) is 123 cm³/mol. The topological polar surface area (TPSA) is 63.0 Å². The van der Waals surface area contributed by atoms with Crippen LogP contribution in [-0.4, -0.2) is 56.3 Å². The summed E-state index contributed by atoms with van der Waals surface area (Å²) in [5.41, 5.74) is 1.01. The molecule has 1 aromatic carbocycles. The number of fused-ring (bicyclic) bond motifs is 1. The molecule has 0 amide bonds. The maximum atomic E-state index is 6.13. The quantitative estimate of drug-likeness (QED) is 0.428. The van der Waals surface area contributed by atoms with Crippen LogP contribution in [0.4, 0.5) is 5.13 Å². The number of tetrazole rings is 1. The van der Waals surface area contributed by atoms with Crippen molar-refractivity contribution >= 4 is 49.6 Å². The van der Waals surface area contributed by atoms with E-state index in [2.05, 4.69) is 49.8 Å². The van der Waals surface area contributed by atoms with Gasteiger partial charge in [0.25, 0.3) is 0 Å². The Bertz CT molecular complexity index is 1120. The molecule has 10 heteroatoms. The molecule has 30 heavy (non-hydrogen) atoms. The van der Waals surface area contributed by atoms with Crippen LogP contribution in [0.1, 0.15) is 30.1 Å². The summed E-state index contributed by atoms with van der Waals surface area (Å²) >= 11 is 9.58. The maximum Gasteiger partial charge on any atom is 0.186 e. The van der Waals surface area contributed by atoms with Gasteiger partial charge in [0.2, 0.25) is 0 Å². The Morgan fingerprint density at radius 2 is 2.03 bits per heavy atom. The molecule has 4 heterocycles. The largest absolute Gasteiger partial charge is 0.345 e. The molecule has 3 aromatic heterocycles. The van der Waals surface area contributed by atoms with Crippen LogP contribution in [0.25, 0.3) is 10.2 Å². The molecule has 4 aromatic rings. The van der Waals surface area contributed by atoms with E-state index in [1.807, 2.05) is 22.9 Å². The first-order valence-electron chi connectivity index (χ1n) is 10.0. The summed E-state index contributed by atoms with van der Waals surface area (Å²) in [7, 11) is 0. The van der Waals surface area contributed by atoms with Gasteiger partial charge in [-0.25, -0.2) is 9.67 Å². The highest BCUT2D eigenvalue weighted by molar-refractivity contribution is 7.22. The van der Waals surface area contributed by atoms with Crippen molar-refractivity contribution in [1.82, 2.24) is 30.1 Å². The summed E-state index contributed by atoms with van der Waals surface area (Å²) in [6, 6.07) is 10.3. The number of halogens is 1. The van der Waals surface area contributed by atoms with Crippen LogP contribution < -0.4 is 4.90 Å². The Morgan fingerprint density at radius 3 is 2.80 bits per heavy atom. The molecule has 0 saturated carbocycles. The van der Waals surface area contributed by atoms with E-state index in [9.17, 15) is 0 Å². The van der Waals surface area contributed by atoms with E-state index in [1.54, 1.807) is 22.7 Å². The van der Waals surface area contributed by atoms with Crippen molar-refractivity contribution in [1.29, 1.82) is 0 Å². The van der Waals surface area contributed by atoms with E-state index < -0.39 is 0 Å². The van der Waals surface area contributed by atoms with Crippen LogP contribution >= 0.6 is 34.3 Å². The fourth-order valence-corrected chi connectivity index (χ4v) is 5.94. The number of thiophene rings is 1. The van der Waals surface area contributed by atoms with Crippen molar-refractivity contribution in [2.24, 2.45) is 0 Å². The zero-order valence-electron chi connectivity index (χ0n) is 16.6. The Balaban J connectivity index is 1.29. The Morgan fingerprint density at radius 1 is 1.17 bits per heavy atom. The number of hydrogen-bond acceptors (Lipinski definition) is 8. The first-order chi connectivity index (χ1) is 14.7. The molecule has 1 saturated heterocycles. The molecular weight excluding hydrogens is 438 g/mol. The minimum absolute atomic E-state index is 0.219. The van der Waals surface area contributed by atoms with Gasteiger partial charge in [-0.05, 0) is 46.5 Å². The summed E-state index contributed by atoms with van der Waals surface area (Å²) < 4.78 is 3.09. The number of aromatic nitrogens is 5. The summed E-state index contributed by atoms with van der Waals surface area (Å²) in [6.45, 7) is 6.73. The van der Waals surface area contributed by atoms with E-state index in [1.165, 1.54) is 4.88 Å². The highest BCUT2D eigenvalue weighted by atomic mass is 35.5. The van der Waals surface area contributed by atoms with Gasteiger partial charge in [-0.1, -0.05) is 35.9 Å². The van der Waals surface area contributed by atoms with Crippen LogP contribution in [0.15, 0.2) is 35.7 Å². The second-order valence-electron chi connectivity index (χ2n) is 7.33. The molecule has 156 valence electrons. The van der Waals surface area contributed by atoms with Crippen LogP contribution in [0.5, 0.6) is 0 Å². The SMILES string of the molecule is CCC(c1nnnn1Cc1cccs1)N1CCN(c2nc3ccc(Cl)cc3s2)CC1. The summed E-state index contributed by atoms with van der Waals surface area (Å²) in [4.78, 5) is 10.9. The van der Waals surface area contributed by atoms with Crippen LogP contribution in [0.3, 0.4) is 0 Å². The van der Waals surface area contributed by atoms with E-state index >= 15 is 0 Å². The van der Waals surface area contributed by atoms with Gasteiger partial charge in [-0.3, -0.25) is 4.90 Å². The lowest BCUT2D eigenvalue weighted by Crippen LogP contribution is -2.48. The highest BCUT2D eigenvalue weighted by Crippen LogP contribution is 2.32. The van der Waals surface area contributed by atoms with E-state index in [4.69, 9.17) is 16.6 Å². The molecule has 0 bridgehead atoms. The standard InChI is InChI=1S/C20H22ClN7S2/c1-2-17(19-23-24-25-28(19)13-15-4-3-11-29-15)26-7-9-27(10-8-26)20-22-16-6-5-14(21)12-18(16)30-20/h3-6,11-12,17H,2,7-10,13H2,1H3. The van der Waals surface area contributed by atoms with Crippen LogP contribution in [0.2, 0.25) is 5.02 Å². The molecule has 1 atom stereocenters. The van der Waals surface area contributed by atoms with Gasteiger partial charge in [0.15, 0.2) is 11.0 Å². The molecule has 0 aliphatic carbocycles. The van der Waals surface area contributed by atoms with Gasteiger partial charge in [0.05, 0.1) is 22.8 Å². The normalized spacial score (nSPS) is 16.4. The third-order valence-corrected chi connectivity index (χ3v) is 7.67. The monoisotopic (exact) mass is 459 g/mol. The molecule has 0 radical (unpaired) electrons. The number of benzene rings is 1. The Kier molecular flexibility index (Phi) is 5.68. The van der Waals surface area contributed by atoms with Gasteiger partial charge in [0, 0.05) is 36.1 Å². The first-order valence-corrected chi connectivity index (χ1v) is 12.1. The number of hydrogen-bond donors (Lipinski definition) is 0. The van der Waals surface area contributed by atoms with E-state index in [0.29, 0.717) is 0 Å². The van der Waals surface area contributed by atoms with Gasteiger partial charge in [0.1, 0.15) is 0 Å². The van der Waals surface area contributed by atoms with Gasteiger partial charge < -0.3 is 4.90 Å². The van der Waals surface area contributed by atoms with E-state index in [-0.39, 0.29) is 6.04 Å². The summed E-state index contributed by atoms with van der Waals surface area (Å²) in [5, 5.41) is 16.5. The molecule has 1 fully saturated rings. The predicted octanol–water partition coefficient (Wildman–Crippen LogP) is 4.32. The minimum atomic E-state index is 0.219. The lowest BCUT2D eigenvalue weighted by molar-refractivity contribution is 0.169. The van der Waals surface area contributed by atoms with Crippen molar-refractivity contribution in [3.8, 4) is 0 Å². The molecule has 7 nitrogen and oxygen atoms in total. The maximum absolute atomic E-state index is 6.13. The molecule has 1 aliphatic rings. The van der Waals surface area contributed by atoms with Crippen LogP contribution in [0, 0.1) is 0 Å². The van der Waals surface area contributed by atoms with Gasteiger partial charge >= 0.3 is 0 Å². The first kappa shape index (κ1) is 19.9. The zero-order chi connectivity index (χ0) is 20.5. The molecule has 0 spiro atoms. The molecule has 1 aliphatic heterocycles. The number of piperazine rings is 1. The van der Waals surface area contributed by atoms with Gasteiger partial charge in [-0.2, -0.15) is 0 Å². The van der Waals surface area contributed by atoms with Crippen LogP contribution in [-0.2, 0) is 6.54 Å². The van der Waals surface area contributed by atoms with Crippen molar-refractivity contribution in [3.05, 3.63) is 51.4 Å². The zero-order valence-corrected chi connectivity index (χ0v) is 19.0. The average molecular weight is 460 g/mol. The Hall–Kier alpha value is -2.07. The average Bonchev–Trinajstić information content (AvgIpc) is 3.51. The summed E-state index contributed by atoms with van der Waals surface area (Å²) in [6.07, 6.45) is 0.977. The van der Waals surface area contributed by atoms with E-state index in [0.717, 1.165) is 65.3 Å². The number of nitrogens with zero attached hydrogens (tertiary/aromatic N) is 7. The summed E-state index contributed by atoms with van der Waals surface area (Å²) in [5.74, 6) is 0.953. The molecule has 5 rings (SSSR count). The lowest BCUT2D eigenvalue weighted by atomic mass is 10.1. The van der Waals surface area contributed by atoms with Gasteiger partial charge in [-0.15, -0.1) is 16.4 Å². The fraction of sp³-hybridized carbons (Fsp3) is 0.400. The highest BCUT2D eigenvalue weighted by Gasteiger charge is 2.29. The smallest absolute Gasteiger partial charge is 0.186 e. The second-order valence-corrected chi connectivity index (χ2v) is 9.81. The van der Waals surface area contributed by atoms with Crippen molar-refractivity contribution in [2.75, 3.05) is 31.1 Å². The third kappa shape index (κ3) is 3.94. The fourth-order valence-electron chi connectivity index (χ4n) is 3.96. The number of thiazole rings is 1.